The fraction of sp³-hybridized carbons (Fsp3) is 0.474. The van der Waals surface area contributed by atoms with Crippen molar-refractivity contribution in [1.82, 2.24) is 15.5 Å². The van der Waals surface area contributed by atoms with Crippen molar-refractivity contribution in [2.24, 2.45) is 0 Å². The van der Waals surface area contributed by atoms with Crippen molar-refractivity contribution in [3.63, 3.8) is 0 Å². The summed E-state index contributed by atoms with van der Waals surface area (Å²) >= 11 is 0. The van der Waals surface area contributed by atoms with E-state index in [0.717, 1.165) is 43.7 Å². The highest BCUT2D eigenvalue weighted by Gasteiger charge is 2.22. The number of rotatable bonds is 5. The Bertz CT molecular complexity index is 768. The van der Waals surface area contributed by atoms with Crippen LogP contribution in [-0.2, 0) is 17.7 Å². The molecule has 2 aromatic rings. The topological polar surface area (TPSA) is 88.3 Å². The third-order valence-corrected chi connectivity index (χ3v) is 4.86. The maximum absolute atomic E-state index is 12.7. The molecular weight excluding hydrogens is 332 g/mol. The summed E-state index contributed by atoms with van der Waals surface area (Å²) in [5.74, 6) is 0.425. The summed E-state index contributed by atoms with van der Waals surface area (Å²) in [5, 5.41) is 13.4. The van der Waals surface area contributed by atoms with Crippen LogP contribution < -0.4 is 15.4 Å². The molecule has 4 rings (SSSR count). The number of aromatic amines is 1. The molecule has 0 bridgehead atoms. The highest BCUT2D eigenvalue weighted by molar-refractivity contribution is 6.04. The van der Waals surface area contributed by atoms with Crippen molar-refractivity contribution in [1.29, 1.82) is 0 Å². The lowest BCUT2D eigenvalue weighted by Gasteiger charge is -2.23. The number of carbonyl (C=O) groups excluding carboxylic acids is 1. The van der Waals surface area contributed by atoms with E-state index in [1.807, 2.05) is 24.3 Å². The van der Waals surface area contributed by atoms with Gasteiger partial charge >= 0.3 is 0 Å². The SMILES string of the molecule is O=C(Nc1ccccc1OCC1CCCCO1)c1n[nH]c2c1CNCC2. The smallest absolute Gasteiger partial charge is 0.276 e. The second-order valence-corrected chi connectivity index (χ2v) is 6.71. The lowest BCUT2D eigenvalue weighted by atomic mass is 10.1. The molecule has 3 N–H and O–H groups in total. The lowest BCUT2D eigenvalue weighted by Crippen LogP contribution is -2.26. The third-order valence-electron chi connectivity index (χ3n) is 4.86. The van der Waals surface area contributed by atoms with Gasteiger partial charge in [0.25, 0.3) is 5.91 Å². The molecule has 1 aromatic heterocycles. The van der Waals surface area contributed by atoms with Gasteiger partial charge in [0.1, 0.15) is 12.4 Å². The van der Waals surface area contributed by atoms with E-state index in [0.29, 0.717) is 30.3 Å². The van der Waals surface area contributed by atoms with Gasteiger partial charge in [-0.2, -0.15) is 5.10 Å². The first-order chi connectivity index (χ1) is 12.8. The van der Waals surface area contributed by atoms with Gasteiger partial charge in [-0.05, 0) is 31.4 Å². The molecule has 0 aliphatic carbocycles. The molecule has 0 radical (unpaired) electrons. The zero-order valence-corrected chi connectivity index (χ0v) is 14.7. The van der Waals surface area contributed by atoms with Gasteiger partial charge in [-0.1, -0.05) is 12.1 Å². The maximum atomic E-state index is 12.7. The largest absolute Gasteiger partial charge is 0.489 e. The molecule has 1 aromatic carbocycles. The fourth-order valence-corrected chi connectivity index (χ4v) is 3.41. The Hall–Kier alpha value is -2.38. The van der Waals surface area contributed by atoms with Crippen molar-refractivity contribution in [2.75, 3.05) is 25.1 Å². The number of benzene rings is 1. The number of hydrogen-bond donors (Lipinski definition) is 3. The van der Waals surface area contributed by atoms with Crippen LogP contribution in [0.2, 0.25) is 0 Å². The number of H-pyrrole nitrogens is 1. The van der Waals surface area contributed by atoms with Crippen molar-refractivity contribution < 1.29 is 14.3 Å². The second-order valence-electron chi connectivity index (χ2n) is 6.71. The van der Waals surface area contributed by atoms with Gasteiger partial charge in [-0.25, -0.2) is 0 Å². The van der Waals surface area contributed by atoms with E-state index < -0.39 is 0 Å². The maximum Gasteiger partial charge on any atom is 0.276 e. The summed E-state index contributed by atoms with van der Waals surface area (Å²) in [6.07, 6.45) is 4.28. The van der Waals surface area contributed by atoms with Crippen molar-refractivity contribution in [3.05, 3.63) is 41.2 Å². The van der Waals surface area contributed by atoms with Crippen molar-refractivity contribution in [3.8, 4) is 5.75 Å². The van der Waals surface area contributed by atoms with E-state index >= 15 is 0 Å². The minimum atomic E-state index is -0.226. The minimum Gasteiger partial charge on any atom is -0.489 e. The molecule has 1 unspecified atom stereocenters. The lowest BCUT2D eigenvalue weighted by molar-refractivity contribution is -0.0109. The zero-order chi connectivity index (χ0) is 17.8. The highest BCUT2D eigenvalue weighted by Crippen LogP contribution is 2.26. The number of ether oxygens (including phenoxy) is 2. The van der Waals surface area contributed by atoms with Crippen LogP contribution in [0.4, 0.5) is 5.69 Å². The number of anilines is 1. The molecule has 3 heterocycles. The molecule has 2 aliphatic heterocycles. The molecule has 26 heavy (non-hydrogen) atoms. The van der Waals surface area contributed by atoms with E-state index in [-0.39, 0.29) is 12.0 Å². The predicted octanol–water partition coefficient (Wildman–Crippen LogP) is 2.26. The first-order valence-corrected chi connectivity index (χ1v) is 9.23. The van der Waals surface area contributed by atoms with E-state index in [2.05, 4.69) is 20.8 Å². The van der Waals surface area contributed by atoms with Gasteiger partial charge in [0.15, 0.2) is 5.69 Å². The number of aromatic nitrogens is 2. The van der Waals surface area contributed by atoms with Gasteiger partial charge in [0.2, 0.25) is 0 Å². The fourth-order valence-electron chi connectivity index (χ4n) is 3.41. The quantitative estimate of drug-likeness (QED) is 0.765. The minimum absolute atomic E-state index is 0.122. The van der Waals surface area contributed by atoms with E-state index in [9.17, 15) is 4.79 Å². The summed E-state index contributed by atoms with van der Waals surface area (Å²) in [6, 6.07) is 7.47. The average molecular weight is 356 g/mol. The first-order valence-electron chi connectivity index (χ1n) is 9.23. The van der Waals surface area contributed by atoms with E-state index in [1.54, 1.807) is 0 Å². The van der Waals surface area contributed by atoms with Crippen LogP contribution in [0.5, 0.6) is 5.75 Å². The molecule has 0 saturated carbocycles. The van der Waals surface area contributed by atoms with Gasteiger partial charge in [0, 0.05) is 37.4 Å². The summed E-state index contributed by atoms with van der Waals surface area (Å²) in [5.41, 5.74) is 3.07. The number of hydrogen-bond acceptors (Lipinski definition) is 5. The van der Waals surface area contributed by atoms with Gasteiger partial charge in [-0.15, -0.1) is 0 Å². The summed E-state index contributed by atoms with van der Waals surface area (Å²) in [4.78, 5) is 12.7. The van der Waals surface area contributed by atoms with Crippen LogP contribution >= 0.6 is 0 Å². The zero-order valence-electron chi connectivity index (χ0n) is 14.7. The second kappa shape index (κ2) is 7.88. The molecule has 1 amide bonds. The number of nitrogens with zero attached hydrogens (tertiary/aromatic N) is 1. The molecule has 7 nitrogen and oxygen atoms in total. The Kier molecular flexibility index (Phi) is 5.17. The Morgan fingerprint density at radius 1 is 1.35 bits per heavy atom. The molecule has 1 atom stereocenters. The summed E-state index contributed by atoms with van der Waals surface area (Å²) in [6.45, 7) is 2.85. The predicted molar refractivity (Wildman–Crippen MR) is 97.5 cm³/mol. The van der Waals surface area contributed by atoms with Crippen LogP contribution in [-0.4, -0.2) is 42.0 Å². The Balaban J connectivity index is 1.44. The Morgan fingerprint density at radius 2 is 2.27 bits per heavy atom. The normalized spacial score (nSPS) is 19.6. The number of para-hydroxylation sites is 2. The summed E-state index contributed by atoms with van der Waals surface area (Å²) < 4.78 is 11.6. The van der Waals surface area contributed by atoms with Gasteiger partial charge < -0.3 is 20.1 Å². The number of amides is 1. The molecule has 138 valence electrons. The molecule has 1 fully saturated rings. The monoisotopic (exact) mass is 356 g/mol. The van der Waals surface area contributed by atoms with Crippen LogP contribution in [0.15, 0.2) is 24.3 Å². The Morgan fingerprint density at radius 3 is 3.15 bits per heavy atom. The third kappa shape index (κ3) is 3.73. The molecule has 0 spiro atoms. The van der Waals surface area contributed by atoms with Crippen LogP contribution in [0.3, 0.4) is 0 Å². The molecule has 1 saturated heterocycles. The van der Waals surface area contributed by atoms with Gasteiger partial charge in [0.05, 0.1) is 11.8 Å². The Labute approximate surface area is 152 Å². The average Bonchev–Trinajstić information content (AvgIpc) is 3.12. The van der Waals surface area contributed by atoms with Gasteiger partial charge in [-0.3, -0.25) is 9.89 Å². The highest BCUT2D eigenvalue weighted by atomic mass is 16.5. The standard InChI is InChI=1S/C19H24N4O3/c24-19(18-14-11-20-9-8-15(14)22-23-18)21-16-6-1-2-7-17(16)26-12-13-5-3-4-10-25-13/h1-2,6-7,13,20H,3-5,8-12H2,(H,21,24)(H,22,23). The molecule has 2 aliphatic rings. The van der Waals surface area contributed by atoms with E-state index in [1.165, 1.54) is 6.42 Å². The van der Waals surface area contributed by atoms with Crippen molar-refractivity contribution in [2.45, 2.75) is 38.3 Å². The summed E-state index contributed by atoms with van der Waals surface area (Å²) in [7, 11) is 0. The number of carbonyl (C=O) groups is 1. The first kappa shape index (κ1) is 17.1. The molecular formula is C19H24N4O3. The number of nitrogens with one attached hydrogen (secondary N) is 3. The number of fused-ring (bicyclic) bond motifs is 1. The van der Waals surface area contributed by atoms with Crippen LogP contribution in [0.1, 0.15) is 41.0 Å². The van der Waals surface area contributed by atoms with Crippen LogP contribution in [0.25, 0.3) is 0 Å². The van der Waals surface area contributed by atoms with E-state index in [4.69, 9.17) is 9.47 Å². The molecule has 7 heteroatoms. The van der Waals surface area contributed by atoms with Crippen LogP contribution in [0, 0.1) is 0 Å². The van der Waals surface area contributed by atoms with Crippen molar-refractivity contribution >= 4 is 11.6 Å².